The van der Waals surface area contributed by atoms with Gasteiger partial charge in [-0.1, -0.05) is 18.2 Å². The molecular formula is C14H19N3O2. The van der Waals surface area contributed by atoms with Gasteiger partial charge in [0.15, 0.2) is 0 Å². The fourth-order valence-corrected chi connectivity index (χ4v) is 2.12. The maximum absolute atomic E-state index is 11.6. The van der Waals surface area contributed by atoms with E-state index in [0.29, 0.717) is 12.2 Å². The zero-order valence-corrected chi connectivity index (χ0v) is 10.9. The van der Waals surface area contributed by atoms with Crippen LogP contribution in [0.5, 0.6) is 0 Å². The van der Waals surface area contributed by atoms with Crippen molar-refractivity contribution in [3.8, 4) is 0 Å². The van der Waals surface area contributed by atoms with Gasteiger partial charge in [0.1, 0.15) is 0 Å². The molecule has 1 heterocycles. The van der Waals surface area contributed by atoms with E-state index in [-0.39, 0.29) is 0 Å². The van der Waals surface area contributed by atoms with E-state index >= 15 is 0 Å². The van der Waals surface area contributed by atoms with Gasteiger partial charge in [-0.2, -0.15) is 0 Å². The molecule has 1 aliphatic rings. The molecule has 1 fully saturated rings. The van der Waals surface area contributed by atoms with E-state index in [1.807, 2.05) is 6.07 Å². The van der Waals surface area contributed by atoms with Crippen LogP contribution < -0.4 is 10.6 Å². The monoisotopic (exact) mass is 261 g/mol. The van der Waals surface area contributed by atoms with Crippen LogP contribution in [0.3, 0.4) is 0 Å². The molecule has 1 aromatic rings. The van der Waals surface area contributed by atoms with E-state index in [1.165, 1.54) is 12.8 Å². The number of amides is 2. The molecule has 19 heavy (non-hydrogen) atoms. The van der Waals surface area contributed by atoms with Crippen LogP contribution in [0.4, 0.5) is 5.69 Å². The molecule has 0 radical (unpaired) electrons. The largest absolute Gasteiger partial charge is 0.347 e. The van der Waals surface area contributed by atoms with Crippen molar-refractivity contribution in [1.29, 1.82) is 0 Å². The summed E-state index contributed by atoms with van der Waals surface area (Å²) in [5.41, 5.74) is 0.627. The van der Waals surface area contributed by atoms with E-state index in [0.717, 1.165) is 19.6 Å². The molecule has 2 rings (SSSR count). The topological polar surface area (TPSA) is 61.4 Å². The van der Waals surface area contributed by atoms with E-state index in [9.17, 15) is 9.59 Å². The summed E-state index contributed by atoms with van der Waals surface area (Å²) >= 11 is 0. The van der Waals surface area contributed by atoms with Crippen LogP contribution in [0, 0.1) is 0 Å². The molecule has 0 aromatic heterocycles. The SMILES string of the molecule is O=C(NCCN1CCCC1)C(=O)Nc1ccccc1. The third-order valence-corrected chi connectivity index (χ3v) is 3.15. The molecule has 5 nitrogen and oxygen atoms in total. The lowest BCUT2D eigenvalue weighted by molar-refractivity contribution is -0.136. The van der Waals surface area contributed by atoms with Crippen LogP contribution >= 0.6 is 0 Å². The standard InChI is InChI=1S/C14H19N3O2/c18-13(15-8-11-17-9-4-5-10-17)14(19)16-12-6-2-1-3-7-12/h1-3,6-7H,4-5,8-11H2,(H,15,18)(H,16,19). The van der Waals surface area contributed by atoms with Crippen molar-refractivity contribution in [3.05, 3.63) is 30.3 Å². The summed E-state index contributed by atoms with van der Waals surface area (Å²) in [6.45, 7) is 3.50. The highest BCUT2D eigenvalue weighted by Gasteiger charge is 2.15. The molecule has 0 atom stereocenters. The Balaban J connectivity index is 1.69. The molecular weight excluding hydrogens is 242 g/mol. The fraction of sp³-hybridized carbons (Fsp3) is 0.429. The van der Waals surface area contributed by atoms with Crippen LogP contribution in [-0.2, 0) is 9.59 Å². The molecule has 0 aliphatic carbocycles. The lowest BCUT2D eigenvalue weighted by atomic mass is 10.3. The van der Waals surface area contributed by atoms with E-state index in [2.05, 4.69) is 15.5 Å². The molecule has 0 unspecified atom stereocenters. The van der Waals surface area contributed by atoms with Gasteiger partial charge < -0.3 is 15.5 Å². The number of hydrogen-bond donors (Lipinski definition) is 2. The highest BCUT2D eigenvalue weighted by Crippen LogP contribution is 2.06. The van der Waals surface area contributed by atoms with Crippen molar-refractivity contribution >= 4 is 17.5 Å². The number of rotatable bonds is 4. The molecule has 1 aromatic carbocycles. The van der Waals surface area contributed by atoms with Crippen molar-refractivity contribution < 1.29 is 9.59 Å². The maximum Gasteiger partial charge on any atom is 0.313 e. The summed E-state index contributed by atoms with van der Waals surface area (Å²) in [5.74, 6) is -1.20. The second-order valence-corrected chi connectivity index (χ2v) is 4.62. The second kappa shape index (κ2) is 6.89. The third kappa shape index (κ3) is 4.37. The Bertz CT molecular complexity index is 428. The first kappa shape index (κ1) is 13.5. The summed E-state index contributed by atoms with van der Waals surface area (Å²) in [5, 5.41) is 5.19. The second-order valence-electron chi connectivity index (χ2n) is 4.62. The average Bonchev–Trinajstić information content (AvgIpc) is 2.93. The Morgan fingerprint density at radius 3 is 2.42 bits per heavy atom. The minimum absolute atomic E-state index is 0.515. The minimum atomic E-state index is -0.618. The van der Waals surface area contributed by atoms with Gasteiger partial charge in [0.05, 0.1) is 0 Å². The molecule has 5 heteroatoms. The third-order valence-electron chi connectivity index (χ3n) is 3.15. The molecule has 1 aliphatic heterocycles. The number of anilines is 1. The quantitative estimate of drug-likeness (QED) is 0.789. The van der Waals surface area contributed by atoms with E-state index < -0.39 is 11.8 Å². The van der Waals surface area contributed by atoms with Gasteiger partial charge in [-0.3, -0.25) is 9.59 Å². The Morgan fingerprint density at radius 2 is 1.74 bits per heavy atom. The van der Waals surface area contributed by atoms with Gasteiger partial charge in [0.2, 0.25) is 0 Å². The Hall–Kier alpha value is -1.88. The fourth-order valence-electron chi connectivity index (χ4n) is 2.12. The van der Waals surface area contributed by atoms with Crippen LogP contribution in [0.25, 0.3) is 0 Å². The maximum atomic E-state index is 11.6. The Kier molecular flexibility index (Phi) is 4.92. The first-order valence-corrected chi connectivity index (χ1v) is 6.62. The van der Waals surface area contributed by atoms with Gasteiger partial charge in [-0.15, -0.1) is 0 Å². The normalized spacial score (nSPS) is 15.2. The summed E-state index contributed by atoms with van der Waals surface area (Å²) in [6.07, 6.45) is 2.45. The summed E-state index contributed by atoms with van der Waals surface area (Å²) < 4.78 is 0. The highest BCUT2D eigenvalue weighted by atomic mass is 16.2. The lowest BCUT2D eigenvalue weighted by Gasteiger charge is -2.14. The molecule has 0 bridgehead atoms. The van der Waals surface area contributed by atoms with Crippen molar-refractivity contribution in [1.82, 2.24) is 10.2 Å². The number of nitrogens with one attached hydrogen (secondary N) is 2. The number of para-hydroxylation sites is 1. The number of carbonyl (C=O) groups is 2. The van der Waals surface area contributed by atoms with Crippen LogP contribution in [0.2, 0.25) is 0 Å². The minimum Gasteiger partial charge on any atom is -0.347 e. The Morgan fingerprint density at radius 1 is 1.05 bits per heavy atom. The zero-order valence-electron chi connectivity index (χ0n) is 10.9. The van der Waals surface area contributed by atoms with Gasteiger partial charge >= 0.3 is 11.8 Å². The Labute approximate surface area is 113 Å². The number of likely N-dealkylation sites (tertiary alicyclic amines) is 1. The van der Waals surface area contributed by atoms with Gasteiger partial charge in [-0.05, 0) is 38.1 Å². The average molecular weight is 261 g/mol. The number of nitrogens with zero attached hydrogens (tertiary/aromatic N) is 1. The number of hydrogen-bond acceptors (Lipinski definition) is 3. The van der Waals surface area contributed by atoms with Gasteiger partial charge in [0.25, 0.3) is 0 Å². The molecule has 2 amide bonds. The molecule has 102 valence electrons. The van der Waals surface area contributed by atoms with Crippen LogP contribution in [-0.4, -0.2) is 42.9 Å². The first-order valence-electron chi connectivity index (χ1n) is 6.62. The highest BCUT2D eigenvalue weighted by molar-refractivity contribution is 6.39. The van der Waals surface area contributed by atoms with Gasteiger partial charge in [-0.25, -0.2) is 0 Å². The predicted molar refractivity (Wildman–Crippen MR) is 73.8 cm³/mol. The lowest BCUT2D eigenvalue weighted by Crippen LogP contribution is -2.39. The zero-order chi connectivity index (χ0) is 13.5. The van der Waals surface area contributed by atoms with Crippen molar-refractivity contribution in [2.75, 3.05) is 31.5 Å². The summed E-state index contributed by atoms with van der Waals surface area (Å²) in [6, 6.07) is 8.96. The van der Waals surface area contributed by atoms with Crippen molar-refractivity contribution in [2.24, 2.45) is 0 Å². The smallest absolute Gasteiger partial charge is 0.313 e. The molecule has 0 saturated carbocycles. The molecule has 2 N–H and O–H groups in total. The van der Waals surface area contributed by atoms with E-state index in [4.69, 9.17) is 0 Å². The van der Waals surface area contributed by atoms with Crippen LogP contribution in [0.1, 0.15) is 12.8 Å². The predicted octanol–water partition coefficient (Wildman–Crippen LogP) is 0.837. The molecule has 0 spiro atoms. The summed E-state index contributed by atoms with van der Waals surface area (Å²) in [4.78, 5) is 25.5. The van der Waals surface area contributed by atoms with E-state index in [1.54, 1.807) is 24.3 Å². The summed E-state index contributed by atoms with van der Waals surface area (Å²) in [7, 11) is 0. The first-order chi connectivity index (χ1) is 9.25. The van der Waals surface area contributed by atoms with Crippen LogP contribution in [0.15, 0.2) is 30.3 Å². The number of carbonyl (C=O) groups excluding carboxylic acids is 2. The number of benzene rings is 1. The van der Waals surface area contributed by atoms with Gasteiger partial charge in [0, 0.05) is 18.8 Å². The van der Waals surface area contributed by atoms with Crippen molar-refractivity contribution in [3.63, 3.8) is 0 Å². The molecule has 1 saturated heterocycles. The van der Waals surface area contributed by atoms with Crippen molar-refractivity contribution in [2.45, 2.75) is 12.8 Å².